The number of nitrogens with zero attached hydrogens (tertiary/aromatic N) is 4. The third kappa shape index (κ3) is 3.64. The standard InChI is InChI=1S/C19H23N5O/c1-23-11-12-24(17(13-23)15-5-3-2-4-6-15)19(25)20-18-10-9-16(21-22-18)14-7-8-14/h2-6,9-10,14,17H,7-8,11-13H2,1H3,(H,20,22,25). The normalized spacial score (nSPS) is 21.2. The van der Waals surface area contributed by atoms with E-state index in [1.54, 1.807) is 0 Å². The number of benzene rings is 1. The highest BCUT2D eigenvalue weighted by Crippen LogP contribution is 2.38. The first-order valence-electron chi connectivity index (χ1n) is 8.85. The molecule has 4 rings (SSSR count). The van der Waals surface area contributed by atoms with Crippen molar-refractivity contribution in [2.45, 2.75) is 24.8 Å². The van der Waals surface area contributed by atoms with E-state index in [2.05, 4.69) is 39.6 Å². The highest BCUT2D eigenvalue weighted by molar-refractivity contribution is 5.88. The molecule has 1 saturated heterocycles. The van der Waals surface area contributed by atoms with Gasteiger partial charge in [0, 0.05) is 25.6 Å². The Morgan fingerprint density at radius 2 is 1.88 bits per heavy atom. The number of carbonyl (C=O) groups excluding carboxylic acids is 1. The molecule has 0 spiro atoms. The highest BCUT2D eigenvalue weighted by Gasteiger charge is 2.30. The Kier molecular flexibility index (Phi) is 4.36. The monoisotopic (exact) mass is 337 g/mol. The zero-order valence-electron chi connectivity index (χ0n) is 14.4. The lowest BCUT2D eigenvalue weighted by Crippen LogP contribution is -2.50. The Balaban J connectivity index is 1.48. The summed E-state index contributed by atoms with van der Waals surface area (Å²) in [4.78, 5) is 17.0. The second kappa shape index (κ2) is 6.80. The van der Waals surface area contributed by atoms with Crippen molar-refractivity contribution < 1.29 is 4.79 Å². The molecule has 2 amide bonds. The summed E-state index contributed by atoms with van der Waals surface area (Å²) >= 11 is 0. The maximum absolute atomic E-state index is 12.8. The van der Waals surface area contributed by atoms with Gasteiger partial charge in [-0.15, -0.1) is 5.10 Å². The maximum atomic E-state index is 12.8. The van der Waals surface area contributed by atoms with Crippen LogP contribution in [0.15, 0.2) is 42.5 Å². The summed E-state index contributed by atoms with van der Waals surface area (Å²) in [6.45, 7) is 2.38. The van der Waals surface area contributed by atoms with Gasteiger partial charge in [-0.05, 0) is 37.6 Å². The molecule has 1 aliphatic carbocycles. The van der Waals surface area contributed by atoms with Crippen molar-refractivity contribution in [3.05, 3.63) is 53.7 Å². The zero-order valence-corrected chi connectivity index (χ0v) is 14.4. The van der Waals surface area contributed by atoms with E-state index >= 15 is 0 Å². The van der Waals surface area contributed by atoms with Gasteiger partial charge in [-0.1, -0.05) is 30.3 Å². The number of amides is 2. The molecule has 0 radical (unpaired) electrons. The molecule has 6 nitrogen and oxygen atoms in total. The maximum Gasteiger partial charge on any atom is 0.323 e. The molecule has 25 heavy (non-hydrogen) atoms. The summed E-state index contributed by atoms with van der Waals surface area (Å²) in [6.07, 6.45) is 2.39. The predicted octanol–water partition coefficient (Wildman–Crippen LogP) is 2.87. The number of aromatic nitrogens is 2. The van der Waals surface area contributed by atoms with Crippen LogP contribution in [0.4, 0.5) is 10.6 Å². The molecule has 1 unspecified atom stereocenters. The summed E-state index contributed by atoms with van der Waals surface area (Å²) in [7, 11) is 2.09. The van der Waals surface area contributed by atoms with Gasteiger partial charge in [0.1, 0.15) is 0 Å². The van der Waals surface area contributed by atoms with Gasteiger partial charge >= 0.3 is 6.03 Å². The molecule has 6 heteroatoms. The average Bonchev–Trinajstić information content (AvgIpc) is 3.48. The summed E-state index contributed by atoms with van der Waals surface area (Å²) in [5.41, 5.74) is 2.18. The molecule has 1 atom stereocenters. The Bertz CT molecular complexity index is 729. The minimum atomic E-state index is -0.115. The number of piperazine rings is 1. The fraction of sp³-hybridized carbons (Fsp3) is 0.421. The smallest absolute Gasteiger partial charge is 0.315 e. The first kappa shape index (κ1) is 16.0. The van der Waals surface area contributed by atoms with Crippen LogP contribution in [0, 0.1) is 0 Å². The lowest BCUT2D eigenvalue weighted by molar-refractivity contribution is 0.116. The molecular weight excluding hydrogens is 314 g/mol. The molecule has 2 fully saturated rings. The number of anilines is 1. The molecule has 1 N–H and O–H groups in total. The van der Waals surface area contributed by atoms with Crippen molar-refractivity contribution >= 4 is 11.8 Å². The molecule has 1 aromatic heterocycles. The van der Waals surface area contributed by atoms with Gasteiger partial charge in [-0.2, -0.15) is 5.10 Å². The van der Waals surface area contributed by atoms with Crippen molar-refractivity contribution in [1.29, 1.82) is 0 Å². The fourth-order valence-corrected chi connectivity index (χ4v) is 3.31. The van der Waals surface area contributed by atoms with Crippen LogP contribution in [0.2, 0.25) is 0 Å². The summed E-state index contributed by atoms with van der Waals surface area (Å²) < 4.78 is 0. The minimum absolute atomic E-state index is 0.0404. The zero-order chi connectivity index (χ0) is 17.2. The third-order valence-corrected chi connectivity index (χ3v) is 4.94. The summed E-state index contributed by atoms with van der Waals surface area (Å²) in [5.74, 6) is 1.08. The molecule has 2 heterocycles. The van der Waals surface area contributed by atoms with Gasteiger partial charge < -0.3 is 9.80 Å². The lowest BCUT2D eigenvalue weighted by atomic mass is 10.0. The number of urea groups is 1. The Morgan fingerprint density at radius 3 is 2.56 bits per heavy atom. The van der Waals surface area contributed by atoms with Gasteiger partial charge in [0.15, 0.2) is 5.82 Å². The number of hydrogen-bond acceptors (Lipinski definition) is 4. The fourth-order valence-electron chi connectivity index (χ4n) is 3.31. The Morgan fingerprint density at radius 1 is 1.08 bits per heavy atom. The van der Waals surface area contributed by atoms with Crippen LogP contribution in [0.25, 0.3) is 0 Å². The van der Waals surface area contributed by atoms with Gasteiger partial charge in [-0.25, -0.2) is 4.79 Å². The quantitative estimate of drug-likeness (QED) is 0.935. The molecule has 0 bridgehead atoms. The Hall–Kier alpha value is -2.47. The second-order valence-electron chi connectivity index (χ2n) is 6.93. The number of carbonyl (C=O) groups is 1. The van der Waals surface area contributed by atoms with E-state index in [1.165, 1.54) is 12.8 Å². The number of likely N-dealkylation sites (N-methyl/N-ethyl adjacent to an activating group) is 1. The van der Waals surface area contributed by atoms with Gasteiger partial charge in [0.25, 0.3) is 0 Å². The molecule has 1 aromatic carbocycles. The predicted molar refractivity (Wildman–Crippen MR) is 96.4 cm³/mol. The molecule has 130 valence electrons. The number of nitrogens with one attached hydrogen (secondary N) is 1. The van der Waals surface area contributed by atoms with Crippen LogP contribution in [0.3, 0.4) is 0 Å². The van der Waals surface area contributed by atoms with Crippen molar-refractivity contribution in [2.24, 2.45) is 0 Å². The van der Waals surface area contributed by atoms with E-state index in [-0.39, 0.29) is 12.1 Å². The van der Waals surface area contributed by atoms with Crippen LogP contribution in [0.5, 0.6) is 0 Å². The Labute approximate surface area is 147 Å². The van der Waals surface area contributed by atoms with Crippen LogP contribution in [0.1, 0.15) is 36.1 Å². The van der Waals surface area contributed by atoms with Gasteiger partial charge in [0.2, 0.25) is 0 Å². The van der Waals surface area contributed by atoms with Crippen LogP contribution < -0.4 is 5.32 Å². The third-order valence-electron chi connectivity index (χ3n) is 4.94. The van der Waals surface area contributed by atoms with Crippen LogP contribution in [-0.4, -0.2) is 52.7 Å². The van der Waals surface area contributed by atoms with E-state index < -0.39 is 0 Å². The summed E-state index contributed by atoms with van der Waals surface area (Å²) in [5, 5.41) is 11.3. The molecule has 2 aliphatic rings. The number of rotatable bonds is 3. The highest BCUT2D eigenvalue weighted by atomic mass is 16.2. The first-order chi connectivity index (χ1) is 12.2. The first-order valence-corrected chi connectivity index (χ1v) is 8.85. The minimum Gasteiger partial charge on any atom is -0.315 e. The van der Waals surface area contributed by atoms with Crippen molar-refractivity contribution in [3.63, 3.8) is 0 Å². The second-order valence-corrected chi connectivity index (χ2v) is 6.93. The molecular formula is C19H23N5O. The van der Waals surface area contributed by atoms with E-state index in [0.717, 1.165) is 24.3 Å². The van der Waals surface area contributed by atoms with E-state index in [1.807, 2.05) is 35.2 Å². The SMILES string of the molecule is CN1CCN(C(=O)Nc2ccc(C3CC3)nn2)C(c2ccccc2)C1. The van der Waals surface area contributed by atoms with E-state index in [4.69, 9.17) is 0 Å². The number of hydrogen-bond donors (Lipinski definition) is 1. The van der Waals surface area contributed by atoms with Crippen LogP contribution in [-0.2, 0) is 0 Å². The topological polar surface area (TPSA) is 61.4 Å². The molecule has 1 saturated carbocycles. The molecule has 1 aliphatic heterocycles. The van der Waals surface area contributed by atoms with E-state index in [9.17, 15) is 4.79 Å². The largest absolute Gasteiger partial charge is 0.323 e. The van der Waals surface area contributed by atoms with Gasteiger partial charge in [-0.3, -0.25) is 5.32 Å². The summed E-state index contributed by atoms with van der Waals surface area (Å²) in [6, 6.07) is 13.9. The van der Waals surface area contributed by atoms with Crippen molar-refractivity contribution in [2.75, 3.05) is 32.0 Å². The van der Waals surface area contributed by atoms with Crippen molar-refractivity contribution in [3.8, 4) is 0 Å². The average molecular weight is 337 g/mol. The lowest BCUT2D eigenvalue weighted by Gasteiger charge is -2.40. The van der Waals surface area contributed by atoms with Crippen molar-refractivity contribution in [1.82, 2.24) is 20.0 Å². The van der Waals surface area contributed by atoms with E-state index in [0.29, 0.717) is 18.3 Å². The van der Waals surface area contributed by atoms with Gasteiger partial charge in [0.05, 0.1) is 11.7 Å². The molecule has 2 aromatic rings. The van der Waals surface area contributed by atoms with Crippen LogP contribution >= 0.6 is 0 Å².